The number of rotatable bonds is 10. The first-order valence-electron chi connectivity index (χ1n) is 12.8. The third kappa shape index (κ3) is 8.35. The van der Waals surface area contributed by atoms with E-state index in [4.69, 9.17) is 16.3 Å². The molecule has 3 amide bonds. The van der Waals surface area contributed by atoms with Crippen LogP contribution in [0.25, 0.3) is 0 Å². The second-order valence-electron chi connectivity index (χ2n) is 10.5. The summed E-state index contributed by atoms with van der Waals surface area (Å²) in [5.41, 5.74) is 2.10. The average Bonchev–Trinajstić information content (AvgIpc) is 2.82. The topological polar surface area (TPSA) is 87.7 Å². The number of hydrogen-bond acceptors (Lipinski definition) is 4. The van der Waals surface area contributed by atoms with Gasteiger partial charge < -0.3 is 20.3 Å². The second-order valence-corrected chi connectivity index (χ2v) is 10.9. The van der Waals surface area contributed by atoms with Crippen LogP contribution in [0.3, 0.4) is 0 Å². The van der Waals surface area contributed by atoms with Gasteiger partial charge in [0.05, 0.1) is 10.7 Å². The number of para-hydroxylation sites is 1. The van der Waals surface area contributed by atoms with Gasteiger partial charge in [-0.3, -0.25) is 9.59 Å². The van der Waals surface area contributed by atoms with Crippen LogP contribution in [0.1, 0.15) is 63.8 Å². The van der Waals surface area contributed by atoms with E-state index in [1.807, 2.05) is 52.0 Å². The fourth-order valence-corrected chi connectivity index (χ4v) is 4.32. The quantitative estimate of drug-likeness (QED) is 0.332. The number of benzene rings is 2. The number of amides is 3. The van der Waals surface area contributed by atoms with Gasteiger partial charge in [-0.15, -0.1) is 6.58 Å². The van der Waals surface area contributed by atoms with Crippen LogP contribution in [0.5, 0.6) is 0 Å². The SMILES string of the molecule is C=CCN(C(=O)C(NC(=O)OC(C)(C)C)C(C)CC)C(C(=O)Nc1c(C)cccc1Cl)c1cccc(C)c1. The monoisotopic (exact) mass is 541 g/mol. The molecule has 0 heterocycles. The first-order chi connectivity index (χ1) is 17.8. The van der Waals surface area contributed by atoms with E-state index in [9.17, 15) is 14.4 Å². The molecule has 0 radical (unpaired) electrons. The minimum absolute atomic E-state index is 0.0787. The van der Waals surface area contributed by atoms with Gasteiger partial charge in [0.1, 0.15) is 17.7 Å². The van der Waals surface area contributed by atoms with Crippen LogP contribution in [-0.2, 0) is 14.3 Å². The summed E-state index contributed by atoms with van der Waals surface area (Å²) in [5.74, 6) is -1.07. The number of aryl methyl sites for hydroxylation is 2. The maximum absolute atomic E-state index is 14.1. The lowest BCUT2D eigenvalue weighted by atomic mass is 9.95. The molecule has 0 fully saturated rings. The van der Waals surface area contributed by atoms with Crippen molar-refractivity contribution in [1.29, 1.82) is 0 Å². The highest BCUT2D eigenvalue weighted by molar-refractivity contribution is 6.34. The Labute approximate surface area is 231 Å². The van der Waals surface area contributed by atoms with Crippen molar-refractivity contribution in [3.05, 3.63) is 76.8 Å². The number of carbonyl (C=O) groups excluding carboxylic acids is 3. The molecule has 0 aliphatic heterocycles. The van der Waals surface area contributed by atoms with E-state index in [1.54, 1.807) is 45.0 Å². The summed E-state index contributed by atoms with van der Waals surface area (Å²) in [6, 6.07) is 10.8. The number of ether oxygens (including phenoxy) is 1. The molecule has 2 aromatic carbocycles. The summed E-state index contributed by atoms with van der Waals surface area (Å²) in [5, 5.41) is 6.08. The van der Waals surface area contributed by atoms with Gasteiger partial charge in [0.15, 0.2) is 0 Å². The molecule has 2 N–H and O–H groups in total. The molecule has 3 unspecified atom stereocenters. The van der Waals surface area contributed by atoms with Gasteiger partial charge in [-0.1, -0.05) is 79.9 Å². The first-order valence-corrected chi connectivity index (χ1v) is 13.2. The predicted octanol–water partition coefficient (Wildman–Crippen LogP) is 6.59. The number of carbonyl (C=O) groups is 3. The van der Waals surface area contributed by atoms with Crippen molar-refractivity contribution < 1.29 is 19.1 Å². The molecule has 0 aliphatic rings. The van der Waals surface area contributed by atoms with E-state index in [0.29, 0.717) is 22.7 Å². The Morgan fingerprint density at radius 3 is 2.34 bits per heavy atom. The molecule has 38 heavy (non-hydrogen) atoms. The summed E-state index contributed by atoms with van der Waals surface area (Å²) in [4.78, 5) is 42.2. The maximum atomic E-state index is 14.1. The molecule has 7 nitrogen and oxygen atoms in total. The zero-order valence-electron chi connectivity index (χ0n) is 23.4. The third-order valence-corrected chi connectivity index (χ3v) is 6.46. The summed E-state index contributed by atoms with van der Waals surface area (Å²) in [6.45, 7) is 16.7. The van der Waals surface area contributed by atoms with E-state index >= 15 is 0 Å². The molecule has 0 saturated carbocycles. The first kappa shape index (κ1) is 30.9. The highest BCUT2D eigenvalue weighted by Gasteiger charge is 2.38. The molecule has 3 atom stereocenters. The van der Waals surface area contributed by atoms with E-state index < -0.39 is 35.6 Å². The largest absolute Gasteiger partial charge is 0.444 e. The van der Waals surface area contributed by atoms with Crippen LogP contribution in [0.2, 0.25) is 5.02 Å². The van der Waals surface area contributed by atoms with Gasteiger partial charge in [0, 0.05) is 6.54 Å². The molecule has 0 bridgehead atoms. The lowest BCUT2D eigenvalue weighted by molar-refractivity contribution is -0.141. The molecular weight excluding hydrogens is 502 g/mol. The number of nitrogens with zero attached hydrogens (tertiary/aromatic N) is 1. The predicted molar refractivity (Wildman–Crippen MR) is 153 cm³/mol. The smallest absolute Gasteiger partial charge is 0.408 e. The van der Waals surface area contributed by atoms with Crippen LogP contribution in [0.15, 0.2) is 55.1 Å². The standard InChI is InChI=1S/C30H40ClN3O4/c1-9-17-34(28(36)25(20(4)10-2)33-29(37)38-30(6,7)8)26(22-15-11-13-19(3)18-22)27(35)32-24-21(5)14-12-16-23(24)31/h9,11-16,18,20,25-26H,1,10,17H2,2-8H3,(H,32,35)(H,33,37). The van der Waals surface area contributed by atoms with Gasteiger partial charge in [-0.25, -0.2) is 4.79 Å². The van der Waals surface area contributed by atoms with Gasteiger partial charge in [-0.2, -0.15) is 0 Å². The number of nitrogens with one attached hydrogen (secondary N) is 2. The van der Waals surface area contributed by atoms with Crippen LogP contribution < -0.4 is 10.6 Å². The lowest BCUT2D eigenvalue weighted by Crippen LogP contribution is -2.54. The minimum Gasteiger partial charge on any atom is -0.444 e. The molecule has 0 saturated heterocycles. The third-order valence-electron chi connectivity index (χ3n) is 6.15. The Morgan fingerprint density at radius 1 is 1.13 bits per heavy atom. The molecule has 2 rings (SSSR count). The Morgan fingerprint density at radius 2 is 1.79 bits per heavy atom. The van der Waals surface area contributed by atoms with Gasteiger partial charge >= 0.3 is 6.09 Å². The fraction of sp³-hybridized carbons (Fsp3) is 0.433. The summed E-state index contributed by atoms with van der Waals surface area (Å²) < 4.78 is 5.43. The number of anilines is 1. The Bertz CT molecular complexity index is 1140. The van der Waals surface area contributed by atoms with Gasteiger partial charge in [0.2, 0.25) is 5.91 Å². The second kappa shape index (κ2) is 13.5. The zero-order valence-corrected chi connectivity index (χ0v) is 24.2. The van der Waals surface area contributed by atoms with Crippen LogP contribution >= 0.6 is 11.6 Å². The van der Waals surface area contributed by atoms with E-state index in [-0.39, 0.29) is 12.5 Å². The molecule has 8 heteroatoms. The van der Waals surface area contributed by atoms with Crippen LogP contribution in [0.4, 0.5) is 10.5 Å². The van der Waals surface area contributed by atoms with Crippen molar-refractivity contribution in [3.63, 3.8) is 0 Å². The van der Waals surface area contributed by atoms with Gasteiger partial charge in [-0.05, 0) is 57.7 Å². The maximum Gasteiger partial charge on any atom is 0.408 e. The summed E-state index contributed by atoms with van der Waals surface area (Å²) in [7, 11) is 0. The Hall–Kier alpha value is -3.32. The highest BCUT2D eigenvalue weighted by atomic mass is 35.5. The van der Waals surface area contributed by atoms with Crippen molar-refractivity contribution in [3.8, 4) is 0 Å². The molecule has 206 valence electrons. The average molecular weight is 542 g/mol. The Kier molecular flexibility index (Phi) is 11.0. The normalized spacial score (nSPS) is 13.6. The van der Waals surface area contributed by atoms with Crippen molar-refractivity contribution >= 4 is 35.2 Å². The van der Waals surface area contributed by atoms with Crippen molar-refractivity contribution in [2.45, 2.75) is 72.6 Å². The Balaban J connectivity index is 2.57. The van der Waals surface area contributed by atoms with Crippen molar-refractivity contribution in [1.82, 2.24) is 10.2 Å². The minimum atomic E-state index is -1.01. The molecule has 2 aromatic rings. The zero-order chi connectivity index (χ0) is 28.6. The number of halogens is 1. The summed E-state index contributed by atoms with van der Waals surface area (Å²) in [6.07, 6.45) is 1.49. The molecule has 0 aliphatic carbocycles. The number of hydrogen-bond donors (Lipinski definition) is 2. The van der Waals surface area contributed by atoms with Crippen LogP contribution in [-0.4, -0.2) is 41.0 Å². The van der Waals surface area contributed by atoms with E-state index in [1.165, 1.54) is 4.90 Å². The highest BCUT2D eigenvalue weighted by Crippen LogP contribution is 2.30. The van der Waals surface area contributed by atoms with E-state index in [2.05, 4.69) is 17.2 Å². The molecule has 0 spiro atoms. The molecular formula is C30H40ClN3O4. The molecule has 0 aromatic heterocycles. The van der Waals surface area contributed by atoms with E-state index in [0.717, 1.165) is 11.1 Å². The lowest BCUT2D eigenvalue weighted by Gasteiger charge is -2.35. The van der Waals surface area contributed by atoms with Crippen LogP contribution in [0, 0.1) is 19.8 Å². The number of alkyl carbamates (subject to hydrolysis) is 1. The van der Waals surface area contributed by atoms with Crippen molar-refractivity contribution in [2.24, 2.45) is 5.92 Å². The summed E-state index contributed by atoms with van der Waals surface area (Å²) >= 11 is 6.40. The van der Waals surface area contributed by atoms with Gasteiger partial charge in [0.25, 0.3) is 5.91 Å². The van der Waals surface area contributed by atoms with Crippen molar-refractivity contribution in [2.75, 3.05) is 11.9 Å². The fourth-order valence-electron chi connectivity index (χ4n) is 4.05.